The van der Waals surface area contributed by atoms with Gasteiger partial charge in [0.2, 0.25) is 5.95 Å². The second-order valence-corrected chi connectivity index (χ2v) is 6.21. The Balaban J connectivity index is 1.70. The molecule has 0 aliphatic carbocycles. The molecular weight excluding hydrogens is 369 g/mol. The molecule has 0 bridgehead atoms. The fraction of sp³-hybridized carbons (Fsp3) is 0.300. The average Bonchev–Trinajstić information content (AvgIpc) is 2.68. The molecule has 0 aliphatic heterocycles. The number of hydrogen-bond acceptors (Lipinski definition) is 5. The molecule has 0 radical (unpaired) electrons. The highest BCUT2D eigenvalue weighted by Gasteiger charge is 2.30. The average molecular weight is 390 g/mol. The van der Waals surface area contributed by atoms with E-state index in [9.17, 15) is 13.2 Å². The molecule has 0 amide bonds. The van der Waals surface area contributed by atoms with Crippen LogP contribution in [0.15, 0.2) is 48.5 Å². The predicted molar refractivity (Wildman–Crippen MR) is 104 cm³/mol. The van der Waals surface area contributed by atoms with Crippen LogP contribution >= 0.6 is 0 Å². The third-order valence-electron chi connectivity index (χ3n) is 4.15. The number of fused-ring (bicyclic) bond motifs is 1. The lowest BCUT2D eigenvalue weighted by molar-refractivity contribution is -0.137. The molecule has 2 aromatic carbocycles. The van der Waals surface area contributed by atoms with Gasteiger partial charge in [0.05, 0.1) is 17.7 Å². The Hall–Kier alpha value is -2.87. The van der Waals surface area contributed by atoms with E-state index in [2.05, 4.69) is 20.6 Å². The minimum Gasteiger partial charge on any atom is -0.383 e. The van der Waals surface area contributed by atoms with Crippen molar-refractivity contribution in [3.05, 3.63) is 59.7 Å². The van der Waals surface area contributed by atoms with E-state index in [1.807, 2.05) is 24.3 Å². The second-order valence-electron chi connectivity index (χ2n) is 6.21. The molecule has 2 N–H and O–H groups in total. The molecule has 0 saturated carbocycles. The van der Waals surface area contributed by atoms with Crippen molar-refractivity contribution in [1.29, 1.82) is 0 Å². The minimum absolute atomic E-state index is 0.414. The van der Waals surface area contributed by atoms with Crippen LogP contribution in [0.25, 0.3) is 10.9 Å². The van der Waals surface area contributed by atoms with Gasteiger partial charge in [-0.2, -0.15) is 18.2 Å². The highest BCUT2D eigenvalue weighted by atomic mass is 19.4. The minimum atomic E-state index is -4.34. The summed E-state index contributed by atoms with van der Waals surface area (Å²) in [6.07, 6.45) is -3.92. The zero-order valence-corrected chi connectivity index (χ0v) is 15.4. The number of para-hydroxylation sites is 1. The van der Waals surface area contributed by atoms with Crippen molar-refractivity contribution in [2.24, 2.45) is 0 Å². The summed E-state index contributed by atoms with van der Waals surface area (Å²) >= 11 is 0. The van der Waals surface area contributed by atoms with E-state index in [4.69, 9.17) is 4.74 Å². The number of hydrogen-bond donors (Lipinski definition) is 2. The maximum atomic E-state index is 12.8. The molecule has 5 nitrogen and oxygen atoms in total. The summed E-state index contributed by atoms with van der Waals surface area (Å²) < 4.78 is 43.5. The van der Waals surface area contributed by atoms with E-state index < -0.39 is 11.7 Å². The molecular formula is C20H21F3N4O. The van der Waals surface area contributed by atoms with Gasteiger partial charge in [0.1, 0.15) is 5.82 Å². The third-order valence-corrected chi connectivity index (χ3v) is 4.15. The van der Waals surface area contributed by atoms with Crippen LogP contribution in [0.1, 0.15) is 11.1 Å². The first-order valence-electron chi connectivity index (χ1n) is 8.87. The Morgan fingerprint density at radius 2 is 1.79 bits per heavy atom. The predicted octanol–water partition coefficient (Wildman–Crippen LogP) is 4.36. The zero-order chi connectivity index (χ0) is 20.0. The van der Waals surface area contributed by atoms with E-state index in [0.29, 0.717) is 43.4 Å². The van der Waals surface area contributed by atoms with Crippen molar-refractivity contribution in [2.45, 2.75) is 12.6 Å². The zero-order valence-electron chi connectivity index (χ0n) is 15.4. The molecule has 28 heavy (non-hydrogen) atoms. The molecule has 0 aliphatic rings. The highest BCUT2D eigenvalue weighted by molar-refractivity contribution is 5.90. The molecule has 1 aromatic heterocycles. The molecule has 0 spiro atoms. The number of ether oxygens (including phenoxy) is 1. The summed E-state index contributed by atoms with van der Waals surface area (Å²) in [5, 5.41) is 7.21. The normalized spacial score (nSPS) is 11.6. The fourth-order valence-electron chi connectivity index (χ4n) is 2.78. The second kappa shape index (κ2) is 8.88. The number of alkyl halides is 3. The molecule has 1 heterocycles. The summed E-state index contributed by atoms with van der Waals surface area (Å²) in [7, 11) is 1.63. The van der Waals surface area contributed by atoms with Gasteiger partial charge in [-0.05, 0) is 30.2 Å². The smallest absolute Gasteiger partial charge is 0.383 e. The van der Waals surface area contributed by atoms with Crippen molar-refractivity contribution in [2.75, 3.05) is 37.4 Å². The summed E-state index contributed by atoms with van der Waals surface area (Å²) in [6.45, 7) is 1.55. The lowest BCUT2D eigenvalue weighted by atomic mass is 10.1. The number of nitrogens with one attached hydrogen (secondary N) is 2. The van der Waals surface area contributed by atoms with Crippen LogP contribution in [0.4, 0.5) is 24.9 Å². The van der Waals surface area contributed by atoms with Crippen LogP contribution in [-0.4, -0.2) is 36.8 Å². The molecule has 148 valence electrons. The third kappa shape index (κ3) is 5.10. The first-order valence-corrected chi connectivity index (χ1v) is 8.87. The molecule has 0 unspecified atom stereocenters. The van der Waals surface area contributed by atoms with Crippen LogP contribution in [0.2, 0.25) is 0 Å². The van der Waals surface area contributed by atoms with E-state index in [0.717, 1.165) is 17.0 Å². The van der Waals surface area contributed by atoms with E-state index in [-0.39, 0.29) is 0 Å². The summed E-state index contributed by atoms with van der Waals surface area (Å²) in [5.74, 6) is 1.11. The number of methoxy groups -OCH3 is 1. The van der Waals surface area contributed by atoms with Gasteiger partial charge in [-0.1, -0.05) is 30.3 Å². The molecule has 8 heteroatoms. The van der Waals surface area contributed by atoms with E-state index >= 15 is 0 Å². The number of anilines is 2. The number of rotatable bonds is 8. The van der Waals surface area contributed by atoms with Gasteiger partial charge >= 0.3 is 6.18 Å². The lowest BCUT2D eigenvalue weighted by Crippen LogP contribution is -2.13. The topological polar surface area (TPSA) is 59.1 Å². The molecule has 3 rings (SSSR count). The van der Waals surface area contributed by atoms with Crippen molar-refractivity contribution >= 4 is 22.7 Å². The fourth-order valence-corrected chi connectivity index (χ4v) is 2.78. The number of halogens is 3. The largest absolute Gasteiger partial charge is 0.416 e. The Kier molecular flexibility index (Phi) is 6.30. The number of aromatic nitrogens is 2. The van der Waals surface area contributed by atoms with Crippen molar-refractivity contribution in [1.82, 2.24) is 9.97 Å². The number of nitrogens with zero attached hydrogens (tertiary/aromatic N) is 2. The maximum Gasteiger partial charge on any atom is 0.416 e. The summed E-state index contributed by atoms with van der Waals surface area (Å²) in [5.41, 5.74) is 0.733. The van der Waals surface area contributed by atoms with E-state index in [1.54, 1.807) is 13.2 Å². The van der Waals surface area contributed by atoms with Crippen LogP contribution in [0, 0.1) is 0 Å². The van der Waals surface area contributed by atoms with E-state index in [1.165, 1.54) is 12.1 Å². The molecule has 0 fully saturated rings. The molecule has 3 aromatic rings. The van der Waals surface area contributed by atoms with Crippen molar-refractivity contribution < 1.29 is 17.9 Å². The van der Waals surface area contributed by atoms with Crippen LogP contribution < -0.4 is 10.6 Å². The van der Waals surface area contributed by atoms with Gasteiger partial charge < -0.3 is 15.4 Å². The lowest BCUT2D eigenvalue weighted by Gasteiger charge is -2.12. The van der Waals surface area contributed by atoms with Gasteiger partial charge in [0, 0.05) is 25.6 Å². The molecule has 0 atom stereocenters. The number of benzene rings is 2. The first-order chi connectivity index (χ1) is 13.5. The van der Waals surface area contributed by atoms with Gasteiger partial charge in [0.25, 0.3) is 0 Å². The van der Waals surface area contributed by atoms with Crippen LogP contribution in [0.5, 0.6) is 0 Å². The SMILES string of the molecule is COCCNc1nc(NCCc2cccc(C(F)(F)F)c2)nc2ccccc12. The van der Waals surface area contributed by atoms with Gasteiger partial charge in [0.15, 0.2) is 0 Å². The van der Waals surface area contributed by atoms with Crippen molar-refractivity contribution in [3.63, 3.8) is 0 Å². The summed E-state index contributed by atoms with van der Waals surface area (Å²) in [6, 6.07) is 12.9. The van der Waals surface area contributed by atoms with Gasteiger partial charge in [-0.3, -0.25) is 0 Å². The molecule has 0 saturated heterocycles. The maximum absolute atomic E-state index is 12.8. The van der Waals surface area contributed by atoms with Crippen molar-refractivity contribution in [3.8, 4) is 0 Å². The van der Waals surface area contributed by atoms with Gasteiger partial charge in [-0.15, -0.1) is 0 Å². The van der Waals surface area contributed by atoms with Crippen LogP contribution in [-0.2, 0) is 17.3 Å². The Labute approximate surface area is 161 Å². The Morgan fingerprint density at radius 1 is 0.964 bits per heavy atom. The standard InChI is InChI=1S/C20H21F3N4O/c1-28-12-11-24-18-16-7-2-3-8-17(16)26-19(27-18)25-10-9-14-5-4-6-15(13-14)20(21,22)23/h2-8,13H,9-12H2,1H3,(H2,24,25,26,27). The highest BCUT2D eigenvalue weighted by Crippen LogP contribution is 2.29. The first kappa shape index (κ1) is 19.9. The Bertz CT molecular complexity index is 931. The Morgan fingerprint density at radius 3 is 2.57 bits per heavy atom. The van der Waals surface area contributed by atoms with Crippen LogP contribution in [0.3, 0.4) is 0 Å². The quantitative estimate of drug-likeness (QED) is 0.560. The summed E-state index contributed by atoms with van der Waals surface area (Å²) in [4.78, 5) is 8.97. The van der Waals surface area contributed by atoms with Gasteiger partial charge in [-0.25, -0.2) is 4.98 Å². The monoisotopic (exact) mass is 390 g/mol.